The lowest BCUT2D eigenvalue weighted by atomic mass is 9.88. The highest BCUT2D eigenvalue weighted by Crippen LogP contribution is 2.37. The second kappa shape index (κ2) is 7.22. The summed E-state index contributed by atoms with van der Waals surface area (Å²) in [6, 6.07) is 12.4. The molecule has 0 unspecified atom stereocenters. The second-order valence-corrected chi connectivity index (χ2v) is 8.72. The zero-order valence-electron chi connectivity index (χ0n) is 15.7. The van der Waals surface area contributed by atoms with E-state index in [1.165, 1.54) is 16.8 Å². The predicted octanol–water partition coefficient (Wildman–Crippen LogP) is 4.27. The van der Waals surface area contributed by atoms with Crippen molar-refractivity contribution in [1.29, 1.82) is 0 Å². The number of amides is 2. The maximum absolute atomic E-state index is 13.5. The summed E-state index contributed by atoms with van der Waals surface area (Å²) in [6.45, 7) is 1.29. The molecule has 0 bridgehead atoms. The molecular weight excluding hydrogens is 389 g/mol. The summed E-state index contributed by atoms with van der Waals surface area (Å²) in [5.41, 5.74) is 2.14. The molecule has 5 rings (SSSR count). The molecule has 2 aromatic carbocycles. The number of anilines is 1. The van der Waals surface area contributed by atoms with Gasteiger partial charge in [-0.1, -0.05) is 18.2 Å². The summed E-state index contributed by atoms with van der Waals surface area (Å²) in [5, 5.41) is 3.81. The topological polar surface area (TPSA) is 62.3 Å². The first-order valence-corrected chi connectivity index (χ1v) is 10.6. The number of piperidine rings is 1. The van der Waals surface area contributed by atoms with Crippen LogP contribution in [0.4, 0.5) is 10.1 Å². The van der Waals surface area contributed by atoms with Crippen molar-refractivity contribution in [2.75, 3.05) is 18.4 Å². The zero-order chi connectivity index (χ0) is 20.0. The van der Waals surface area contributed by atoms with E-state index in [0.717, 1.165) is 23.4 Å². The number of hydrogen-bond acceptors (Lipinski definition) is 4. The number of carbonyl (C=O) groups is 2. The molecule has 1 aromatic heterocycles. The molecule has 1 fully saturated rings. The number of para-hydroxylation sites is 1. The third kappa shape index (κ3) is 3.40. The van der Waals surface area contributed by atoms with Crippen LogP contribution in [0.25, 0.3) is 10.2 Å². The first-order chi connectivity index (χ1) is 14.1. The minimum Gasteiger partial charge on any atom is -0.342 e. The normalized spacial score (nSPS) is 19.8. The number of fused-ring (bicyclic) bond motifs is 2. The highest BCUT2D eigenvalue weighted by Gasteiger charge is 2.35. The van der Waals surface area contributed by atoms with Crippen LogP contribution in [0, 0.1) is 5.82 Å². The molecule has 2 aliphatic rings. The number of aromatic nitrogens is 1. The van der Waals surface area contributed by atoms with Crippen LogP contribution in [-0.4, -0.2) is 34.8 Å². The summed E-state index contributed by atoms with van der Waals surface area (Å²) in [6.07, 6.45) is 1.83. The van der Waals surface area contributed by atoms with E-state index in [9.17, 15) is 14.0 Å². The second-order valence-electron chi connectivity index (χ2n) is 7.66. The molecule has 0 spiro atoms. The van der Waals surface area contributed by atoms with E-state index in [1.807, 2.05) is 23.1 Å². The molecule has 2 amide bonds. The fourth-order valence-electron chi connectivity index (χ4n) is 4.29. The fourth-order valence-corrected chi connectivity index (χ4v) is 5.43. The van der Waals surface area contributed by atoms with E-state index >= 15 is 0 Å². The van der Waals surface area contributed by atoms with Crippen LogP contribution in [0.15, 0.2) is 42.5 Å². The average Bonchev–Trinajstić information content (AvgIpc) is 3.17. The molecule has 0 radical (unpaired) electrons. The highest BCUT2D eigenvalue weighted by molar-refractivity contribution is 7.18. The largest absolute Gasteiger partial charge is 0.342 e. The molecule has 3 heterocycles. The lowest BCUT2D eigenvalue weighted by Crippen LogP contribution is -2.42. The summed E-state index contributed by atoms with van der Waals surface area (Å²) >= 11 is 1.73. The summed E-state index contributed by atoms with van der Waals surface area (Å²) in [5.74, 6) is -0.902. The van der Waals surface area contributed by atoms with E-state index in [4.69, 9.17) is 4.98 Å². The molecule has 3 aromatic rings. The predicted molar refractivity (Wildman–Crippen MR) is 111 cm³/mol. The van der Waals surface area contributed by atoms with Gasteiger partial charge in [0.1, 0.15) is 5.82 Å². The van der Waals surface area contributed by atoms with E-state index < -0.39 is 11.7 Å². The van der Waals surface area contributed by atoms with Crippen molar-refractivity contribution in [1.82, 2.24) is 9.88 Å². The van der Waals surface area contributed by atoms with Gasteiger partial charge in [-0.05, 0) is 42.7 Å². The first kappa shape index (κ1) is 18.2. The van der Waals surface area contributed by atoms with E-state index in [1.54, 1.807) is 17.4 Å². The van der Waals surface area contributed by atoms with Crippen LogP contribution in [-0.2, 0) is 9.59 Å². The average molecular weight is 409 g/mol. The van der Waals surface area contributed by atoms with Crippen LogP contribution >= 0.6 is 11.3 Å². The maximum atomic E-state index is 13.5. The molecule has 0 aliphatic carbocycles. The van der Waals surface area contributed by atoms with Crippen LogP contribution in [0.1, 0.15) is 41.7 Å². The Morgan fingerprint density at radius 2 is 1.97 bits per heavy atom. The van der Waals surface area contributed by atoms with Crippen molar-refractivity contribution in [3.63, 3.8) is 0 Å². The molecule has 29 heavy (non-hydrogen) atoms. The standard InChI is InChI=1S/C22H20FN3O2S/c23-14-5-6-15-16(12-20(27)24-18(15)11-14)22(28)26-9-7-13(8-10-26)21-25-17-3-1-2-4-19(17)29-21/h1-6,11,13,16H,7-10,12H2,(H,24,27)/t16-/m1/s1. The monoisotopic (exact) mass is 409 g/mol. The van der Waals surface area contributed by atoms with Gasteiger partial charge in [-0.25, -0.2) is 9.37 Å². The summed E-state index contributed by atoms with van der Waals surface area (Å²) in [7, 11) is 0. The van der Waals surface area contributed by atoms with Crippen molar-refractivity contribution >= 4 is 39.1 Å². The number of likely N-dealkylation sites (tertiary alicyclic amines) is 1. The Labute approximate surface area is 171 Å². The highest BCUT2D eigenvalue weighted by atomic mass is 32.1. The fraction of sp³-hybridized carbons (Fsp3) is 0.318. The lowest BCUT2D eigenvalue weighted by Gasteiger charge is -2.35. The summed E-state index contributed by atoms with van der Waals surface area (Å²) < 4.78 is 14.7. The number of nitrogens with one attached hydrogen (secondary N) is 1. The number of nitrogens with zero attached hydrogens (tertiary/aromatic N) is 2. The SMILES string of the molecule is O=C1C[C@@H](C(=O)N2CCC(c3nc4ccccc4s3)CC2)c2ccc(F)cc2N1. The molecule has 5 nitrogen and oxygen atoms in total. The van der Waals surface area contributed by atoms with E-state index in [2.05, 4.69) is 11.4 Å². The Balaban J connectivity index is 1.31. The lowest BCUT2D eigenvalue weighted by molar-refractivity contribution is -0.135. The third-order valence-corrected chi connectivity index (χ3v) is 7.02. The van der Waals surface area contributed by atoms with Crippen LogP contribution in [0.5, 0.6) is 0 Å². The number of thiazole rings is 1. The first-order valence-electron chi connectivity index (χ1n) is 9.82. The van der Waals surface area contributed by atoms with Crippen molar-refractivity contribution in [3.8, 4) is 0 Å². The Hall–Kier alpha value is -2.80. The Morgan fingerprint density at radius 3 is 2.76 bits per heavy atom. The number of carbonyl (C=O) groups excluding carboxylic acids is 2. The summed E-state index contributed by atoms with van der Waals surface area (Å²) in [4.78, 5) is 31.8. The molecule has 148 valence electrons. The van der Waals surface area contributed by atoms with Crippen molar-refractivity contribution in [2.24, 2.45) is 0 Å². The van der Waals surface area contributed by atoms with Gasteiger partial charge in [-0.15, -0.1) is 11.3 Å². The number of hydrogen-bond donors (Lipinski definition) is 1. The molecule has 1 atom stereocenters. The number of rotatable bonds is 2. The van der Waals surface area contributed by atoms with Gasteiger partial charge in [-0.3, -0.25) is 9.59 Å². The minimum atomic E-state index is -0.543. The Morgan fingerprint density at radius 1 is 1.17 bits per heavy atom. The molecular formula is C22H20FN3O2S. The van der Waals surface area contributed by atoms with Gasteiger partial charge in [0.05, 0.1) is 21.1 Å². The van der Waals surface area contributed by atoms with Crippen molar-refractivity contribution < 1.29 is 14.0 Å². The van der Waals surface area contributed by atoms with Crippen LogP contribution in [0.2, 0.25) is 0 Å². The number of halogens is 1. The van der Waals surface area contributed by atoms with E-state index in [0.29, 0.717) is 30.3 Å². The van der Waals surface area contributed by atoms with Gasteiger partial charge in [-0.2, -0.15) is 0 Å². The number of benzene rings is 2. The molecule has 2 aliphatic heterocycles. The maximum Gasteiger partial charge on any atom is 0.230 e. The van der Waals surface area contributed by atoms with Crippen LogP contribution < -0.4 is 5.32 Å². The Bertz CT molecular complexity index is 1070. The minimum absolute atomic E-state index is 0.0459. The molecule has 1 N–H and O–H groups in total. The van der Waals surface area contributed by atoms with Crippen LogP contribution in [0.3, 0.4) is 0 Å². The molecule has 1 saturated heterocycles. The van der Waals surface area contributed by atoms with Gasteiger partial charge >= 0.3 is 0 Å². The third-order valence-electron chi connectivity index (χ3n) is 5.82. The molecule has 0 saturated carbocycles. The molecule has 7 heteroatoms. The van der Waals surface area contributed by atoms with E-state index in [-0.39, 0.29) is 18.2 Å². The van der Waals surface area contributed by atoms with Gasteiger partial charge in [0.2, 0.25) is 11.8 Å². The van der Waals surface area contributed by atoms with Gasteiger partial charge in [0.25, 0.3) is 0 Å². The smallest absolute Gasteiger partial charge is 0.230 e. The Kier molecular flexibility index (Phi) is 4.54. The van der Waals surface area contributed by atoms with Crippen molar-refractivity contribution in [3.05, 3.63) is 58.9 Å². The van der Waals surface area contributed by atoms with Crippen molar-refractivity contribution in [2.45, 2.75) is 31.1 Å². The van der Waals surface area contributed by atoms with Gasteiger partial charge in [0.15, 0.2) is 0 Å². The van der Waals surface area contributed by atoms with Gasteiger partial charge in [0, 0.05) is 31.1 Å². The quantitative estimate of drug-likeness (QED) is 0.688. The zero-order valence-corrected chi connectivity index (χ0v) is 16.5. The van der Waals surface area contributed by atoms with Gasteiger partial charge < -0.3 is 10.2 Å².